The maximum absolute atomic E-state index is 15.7. The number of hydrogen-bond donors (Lipinski definition) is 1. The number of nitrogens with one attached hydrogen (secondary N) is 1. The maximum Gasteiger partial charge on any atom is 0.256 e. The van der Waals surface area contributed by atoms with E-state index in [4.69, 9.17) is 4.99 Å². The van der Waals surface area contributed by atoms with Crippen molar-refractivity contribution in [1.29, 1.82) is 0 Å². The predicted octanol–water partition coefficient (Wildman–Crippen LogP) is 4.53. The van der Waals surface area contributed by atoms with E-state index >= 15 is 4.39 Å². The van der Waals surface area contributed by atoms with Gasteiger partial charge < -0.3 is 9.88 Å². The zero-order valence-electron chi connectivity index (χ0n) is 20.8. The van der Waals surface area contributed by atoms with Crippen molar-refractivity contribution in [3.63, 3.8) is 0 Å². The number of aromatic nitrogens is 2. The van der Waals surface area contributed by atoms with Gasteiger partial charge in [0.05, 0.1) is 5.56 Å². The van der Waals surface area contributed by atoms with E-state index in [1.807, 2.05) is 29.3 Å². The number of aromatic amines is 1. The molecule has 2 saturated carbocycles. The zero-order valence-corrected chi connectivity index (χ0v) is 20.8. The topological polar surface area (TPSA) is 81.7 Å². The van der Waals surface area contributed by atoms with E-state index in [-0.39, 0.29) is 23.7 Å². The second-order valence-corrected chi connectivity index (χ2v) is 11.1. The lowest BCUT2D eigenvalue weighted by atomic mass is 9.97. The average molecular weight is 500 g/mol. The van der Waals surface area contributed by atoms with E-state index in [1.54, 1.807) is 17.2 Å². The summed E-state index contributed by atoms with van der Waals surface area (Å²) in [7, 11) is 0. The number of H-pyrrole nitrogens is 1. The number of aliphatic imine (C=N–C) groups is 1. The Bertz CT molecular complexity index is 1440. The van der Waals surface area contributed by atoms with Crippen molar-refractivity contribution in [2.75, 3.05) is 19.6 Å². The molecule has 3 aromatic rings. The van der Waals surface area contributed by atoms with Crippen LogP contribution in [0.1, 0.15) is 50.5 Å². The summed E-state index contributed by atoms with van der Waals surface area (Å²) < 4.78 is 15.7. The molecule has 0 radical (unpaired) electrons. The van der Waals surface area contributed by atoms with E-state index in [1.165, 1.54) is 6.07 Å². The van der Waals surface area contributed by atoms with Gasteiger partial charge in [-0.3, -0.25) is 19.5 Å². The van der Waals surface area contributed by atoms with Crippen LogP contribution in [0.15, 0.2) is 47.7 Å². The fourth-order valence-corrected chi connectivity index (χ4v) is 6.32. The smallest absolute Gasteiger partial charge is 0.256 e. The van der Waals surface area contributed by atoms with Crippen LogP contribution in [-0.4, -0.2) is 62.6 Å². The highest BCUT2D eigenvalue weighted by Gasteiger charge is 2.51. The van der Waals surface area contributed by atoms with E-state index in [2.05, 4.69) is 9.97 Å². The van der Waals surface area contributed by atoms with Crippen LogP contribution < -0.4 is 0 Å². The van der Waals surface area contributed by atoms with Crippen LogP contribution in [0.25, 0.3) is 22.2 Å². The van der Waals surface area contributed by atoms with Gasteiger partial charge >= 0.3 is 0 Å². The lowest BCUT2D eigenvalue weighted by molar-refractivity contribution is -0.131. The molecule has 1 N–H and O–H groups in total. The molecule has 7 nitrogen and oxygen atoms in total. The number of likely N-dealkylation sites (tertiary alicyclic amines) is 1. The number of pyridine rings is 1. The molecule has 1 atom stereocenters. The van der Waals surface area contributed by atoms with Crippen molar-refractivity contribution in [2.45, 2.75) is 50.5 Å². The highest BCUT2D eigenvalue weighted by molar-refractivity contribution is 6.15. The Morgan fingerprint density at radius 1 is 1.11 bits per heavy atom. The van der Waals surface area contributed by atoms with Crippen molar-refractivity contribution < 1.29 is 14.0 Å². The van der Waals surface area contributed by atoms with Crippen molar-refractivity contribution in [2.24, 2.45) is 16.8 Å². The van der Waals surface area contributed by atoms with Crippen LogP contribution in [0.2, 0.25) is 0 Å². The van der Waals surface area contributed by atoms with Crippen LogP contribution in [0.3, 0.4) is 0 Å². The Morgan fingerprint density at radius 2 is 1.95 bits per heavy atom. The lowest BCUT2D eigenvalue weighted by Crippen LogP contribution is -2.44. The van der Waals surface area contributed by atoms with Crippen LogP contribution >= 0.6 is 0 Å². The summed E-state index contributed by atoms with van der Waals surface area (Å²) >= 11 is 0. The average Bonchev–Trinajstić information content (AvgIpc) is 3.25. The molecule has 4 aliphatic rings. The SMILES string of the molecule is O=C(C1CC1)N1CC[C@@H](CN2C(=O)C3(CCCC3)N=C2c2ccc(-c3cnc4[nH]ccc4c3)cc2F)C1. The van der Waals surface area contributed by atoms with Gasteiger partial charge in [0, 0.05) is 48.9 Å². The summed E-state index contributed by atoms with van der Waals surface area (Å²) in [6.45, 7) is 1.88. The number of benzene rings is 1. The van der Waals surface area contributed by atoms with Gasteiger partial charge in [0.1, 0.15) is 22.8 Å². The standard InChI is InChI=1S/C29H30FN5O2/c30-24-14-20(22-13-21-7-11-31-25(21)32-15-22)5-6-23(24)26-33-29(9-1-2-10-29)28(37)35(26)17-18-8-12-34(16-18)27(36)19-3-4-19/h5-7,11,13-15,18-19H,1-4,8-10,12,16-17H2,(H,31,32)/t18-/m1/s1. The van der Waals surface area contributed by atoms with Gasteiger partial charge in [0.2, 0.25) is 5.91 Å². The molecule has 1 spiro atoms. The van der Waals surface area contributed by atoms with Gasteiger partial charge in [0.25, 0.3) is 5.91 Å². The number of halogens is 1. The summed E-state index contributed by atoms with van der Waals surface area (Å²) in [6, 6.07) is 9.07. The predicted molar refractivity (Wildman–Crippen MR) is 138 cm³/mol. The minimum absolute atomic E-state index is 0.00226. The fourth-order valence-electron chi connectivity index (χ4n) is 6.32. The third-order valence-electron chi connectivity index (χ3n) is 8.56. The minimum Gasteiger partial charge on any atom is -0.346 e. The third kappa shape index (κ3) is 3.85. The number of carbonyl (C=O) groups excluding carboxylic acids is 2. The highest BCUT2D eigenvalue weighted by Crippen LogP contribution is 2.41. The molecular formula is C29H30FN5O2. The number of amidine groups is 1. The van der Waals surface area contributed by atoms with E-state index in [0.29, 0.717) is 37.3 Å². The molecule has 3 fully saturated rings. The molecule has 8 heteroatoms. The summed E-state index contributed by atoms with van der Waals surface area (Å²) in [5.74, 6) is 0.682. The van der Waals surface area contributed by atoms with E-state index < -0.39 is 11.4 Å². The largest absolute Gasteiger partial charge is 0.346 e. The zero-order chi connectivity index (χ0) is 25.1. The van der Waals surface area contributed by atoms with Gasteiger partial charge in [-0.2, -0.15) is 0 Å². The number of fused-ring (bicyclic) bond motifs is 1. The molecule has 1 aromatic carbocycles. The number of nitrogens with zero attached hydrogens (tertiary/aromatic N) is 4. The minimum atomic E-state index is -0.758. The third-order valence-corrected chi connectivity index (χ3v) is 8.56. The number of rotatable bonds is 5. The molecule has 0 bridgehead atoms. The molecular weight excluding hydrogens is 469 g/mol. The molecule has 0 unspecified atom stereocenters. The van der Waals surface area contributed by atoms with E-state index in [0.717, 1.165) is 60.8 Å². The molecule has 37 heavy (non-hydrogen) atoms. The van der Waals surface area contributed by atoms with Crippen LogP contribution in [-0.2, 0) is 9.59 Å². The molecule has 7 rings (SSSR count). The van der Waals surface area contributed by atoms with E-state index in [9.17, 15) is 9.59 Å². The first-order valence-corrected chi connectivity index (χ1v) is 13.4. The molecule has 2 aliphatic heterocycles. The van der Waals surface area contributed by atoms with Crippen LogP contribution in [0, 0.1) is 17.7 Å². The highest BCUT2D eigenvalue weighted by atomic mass is 19.1. The Hall–Kier alpha value is -3.55. The summed E-state index contributed by atoms with van der Waals surface area (Å²) in [6.07, 6.45) is 9.76. The van der Waals surface area contributed by atoms with Crippen molar-refractivity contribution in [1.82, 2.24) is 19.8 Å². The second-order valence-electron chi connectivity index (χ2n) is 11.1. The first kappa shape index (κ1) is 22.6. The summed E-state index contributed by atoms with van der Waals surface area (Å²) in [5, 5.41) is 0.966. The first-order chi connectivity index (χ1) is 18.0. The Balaban J connectivity index is 1.18. The molecule has 4 heterocycles. The van der Waals surface area contributed by atoms with Crippen LogP contribution in [0.4, 0.5) is 4.39 Å². The Morgan fingerprint density at radius 3 is 2.73 bits per heavy atom. The number of amides is 2. The molecule has 2 amide bonds. The molecule has 2 aliphatic carbocycles. The van der Waals surface area contributed by atoms with Crippen molar-refractivity contribution in [3.05, 3.63) is 54.1 Å². The van der Waals surface area contributed by atoms with Gasteiger partial charge in [-0.05, 0) is 67.9 Å². The number of hydrogen-bond acceptors (Lipinski definition) is 4. The Labute approximate surface area is 214 Å². The van der Waals surface area contributed by atoms with Crippen LogP contribution in [0.5, 0.6) is 0 Å². The quantitative estimate of drug-likeness (QED) is 0.560. The van der Waals surface area contributed by atoms with Gasteiger partial charge in [-0.1, -0.05) is 18.9 Å². The van der Waals surface area contributed by atoms with Gasteiger partial charge in [-0.15, -0.1) is 0 Å². The fraction of sp³-hybridized carbons (Fsp3) is 0.448. The lowest BCUT2D eigenvalue weighted by Gasteiger charge is -2.25. The molecule has 1 saturated heterocycles. The van der Waals surface area contributed by atoms with Gasteiger partial charge in [-0.25, -0.2) is 9.37 Å². The molecule has 2 aromatic heterocycles. The van der Waals surface area contributed by atoms with Crippen molar-refractivity contribution in [3.8, 4) is 11.1 Å². The summed E-state index contributed by atoms with van der Waals surface area (Å²) in [5.41, 5.74) is 1.96. The maximum atomic E-state index is 15.7. The Kier molecular flexibility index (Phi) is 5.20. The summed E-state index contributed by atoms with van der Waals surface area (Å²) in [4.78, 5) is 42.4. The van der Waals surface area contributed by atoms with Gasteiger partial charge in [0.15, 0.2) is 0 Å². The molecule has 190 valence electrons. The first-order valence-electron chi connectivity index (χ1n) is 13.4. The normalized spacial score (nSPS) is 23.0. The monoisotopic (exact) mass is 499 g/mol. The number of carbonyl (C=O) groups is 2. The second kappa shape index (κ2) is 8.50. The van der Waals surface area contributed by atoms with Crippen molar-refractivity contribution >= 4 is 28.7 Å².